The van der Waals surface area contributed by atoms with Crippen LogP contribution in [0.5, 0.6) is 0 Å². The fraction of sp³-hybridized carbons (Fsp3) is 0.619. The maximum Gasteiger partial charge on any atom is 0.318 e. The molecule has 29 heavy (non-hydrogen) atoms. The van der Waals surface area contributed by atoms with E-state index in [9.17, 15) is 4.79 Å². The molecule has 1 saturated heterocycles. The Bertz CT molecular complexity index is 770. The van der Waals surface area contributed by atoms with Gasteiger partial charge in [0.05, 0.1) is 12.6 Å². The molecule has 4 rings (SSSR count). The summed E-state index contributed by atoms with van der Waals surface area (Å²) >= 11 is 0. The van der Waals surface area contributed by atoms with E-state index in [0.29, 0.717) is 24.9 Å². The number of pyridine rings is 1. The fourth-order valence-corrected chi connectivity index (χ4v) is 4.09. The predicted octanol–water partition coefficient (Wildman–Crippen LogP) is 3.40. The average molecular weight is 399 g/mol. The maximum absolute atomic E-state index is 12.9. The molecule has 3 heterocycles. The largest absolute Gasteiger partial charge is 0.376 e. The van der Waals surface area contributed by atoms with Crippen LogP contribution < -0.4 is 5.32 Å². The van der Waals surface area contributed by atoms with E-state index in [1.807, 2.05) is 12.1 Å². The summed E-state index contributed by atoms with van der Waals surface area (Å²) in [4.78, 5) is 23.2. The molecule has 2 aromatic rings. The normalized spacial score (nSPS) is 19.9. The number of hydrogen-bond donors (Lipinski definition) is 1. The highest BCUT2D eigenvalue weighted by Crippen LogP contribution is 2.30. The van der Waals surface area contributed by atoms with E-state index < -0.39 is 0 Å². The van der Waals surface area contributed by atoms with Crippen LogP contribution in [-0.2, 0) is 17.8 Å². The lowest BCUT2D eigenvalue weighted by molar-refractivity contribution is 0.0792. The van der Waals surface area contributed by atoms with E-state index in [4.69, 9.17) is 9.26 Å². The monoisotopic (exact) mass is 399 g/mol. The van der Waals surface area contributed by atoms with Gasteiger partial charge in [-0.25, -0.2) is 4.79 Å². The molecule has 2 fully saturated rings. The minimum atomic E-state index is -0.158. The Labute approximate surface area is 171 Å². The number of rotatable bonds is 7. The summed E-state index contributed by atoms with van der Waals surface area (Å²) in [5, 5.41) is 7.06. The number of amides is 2. The van der Waals surface area contributed by atoms with Crippen molar-refractivity contribution >= 4 is 6.03 Å². The first-order valence-electron chi connectivity index (χ1n) is 10.6. The second-order valence-electron chi connectivity index (χ2n) is 7.91. The van der Waals surface area contributed by atoms with Crippen LogP contribution in [0.2, 0.25) is 0 Å². The Hall–Kier alpha value is -2.48. The Morgan fingerprint density at radius 2 is 1.97 bits per heavy atom. The summed E-state index contributed by atoms with van der Waals surface area (Å²) in [6, 6.07) is 3.68. The number of hydrogen-bond acceptors (Lipinski definition) is 6. The number of nitrogens with zero attached hydrogens (tertiary/aromatic N) is 4. The number of nitrogens with one attached hydrogen (secondary N) is 1. The van der Waals surface area contributed by atoms with Crippen LogP contribution in [0.3, 0.4) is 0 Å². The summed E-state index contributed by atoms with van der Waals surface area (Å²) in [6.07, 6.45) is 11.6. The topological polar surface area (TPSA) is 93.4 Å². The van der Waals surface area contributed by atoms with E-state index in [2.05, 4.69) is 20.4 Å². The van der Waals surface area contributed by atoms with E-state index in [1.165, 1.54) is 19.3 Å². The van der Waals surface area contributed by atoms with Crippen LogP contribution in [0.25, 0.3) is 0 Å². The van der Waals surface area contributed by atoms with Crippen LogP contribution >= 0.6 is 0 Å². The van der Waals surface area contributed by atoms with Crippen LogP contribution in [0, 0.1) is 0 Å². The molecule has 1 aliphatic heterocycles. The minimum Gasteiger partial charge on any atom is -0.376 e. The highest BCUT2D eigenvalue weighted by Gasteiger charge is 2.24. The lowest BCUT2D eigenvalue weighted by atomic mass is 9.89. The number of carbonyl (C=O) groups is 1. The summed E-state index contributed by atoms with van der Waals surface area (Å²) in [5.41, 5.74) is 1.03. The first-order chi connectivity index (χ1) is 14.3. The van der Waals surface area contributed by atoms with E-state index in [0.717, 1.165) is 43.7 Å². The number of ether oxygens (including phenoxy) is 1. The van der Waals surface area contributed by atoms with E-state index in [-0.39, 0.29) is 18.7 Å². The van der Waals surface area contributed by atoms with Gasteiger partial charge in [0.25, 0.3) is 0 Å². The fourth-order valence-electron chi connectivity index (χ4n) is 4.09. The van der Waals surface area contributed by atoms with Gasteiger partial charge in [-0.15, -0.1) is 0 Å². The molecule has 156 valence electrons. The van der Waals surface area contributed by atoms with Gasteiger partial charge < -0.3 is 19.5 Å². The second kappa shape index (κ2) is 9.82. The second-order valence-corrected chi connectivity index (χ2v) is 7.91. The van der Waals surface area contributed by atoms with Gasteiger partial charge >= 0.3 is 6.03 Å². The van der Waals surface area contributed by atoms with Crippen LogP contribution in [0.4, 0.5) is 4.79 Å². The first kappa shape index (κ1) is 19.8. The van der Waals surface area contributed by atoms with E-state index in [1.54, 1.807) is 17.3 Å². The molecular formula is C21H29N5O3. The molecular weight excluding hydrogens is 370 g/mol. The Kier molecular flexibility index (Phi) is 6.71. The third-order valence-corrected chi connectivity index (χ3v) is 5.70. The number of urea groups is 1. The highest BCUT2D eigenvalue weighted by molar-refractivity contribution is 5.74. The van der Waals surface area contributed by atoms with Crippen molar-refractivity contribution < 1.29 is 14.1 Å². The summed E-state index contributed by atoms with van der Waals surface area (Å²) < 4.78 is 11.1. The third-order valence-electron chi connectivity index (χ3n) is 5.70. The lowest BCUT2D eigenvalue weighted by Crippen LogP contribution is -2.43. The molecule has 1 aliphatic carbocycles. The molecule has 2 amide bonds. The zero-order valence-corrected chi connectivity index (χ0v) is 16.8. The van der Waals surface area contributed by atoms with Crippen molar-refractivity contribution in [3.8, 4) is 0 Å². The van der Waals surface area contributed by atoms with Gasteiger partial charge in [0.1, 0.15) is 0 Å². The lowest BCUT2D eigenvalue weighted by Gasteiger charge is -2.25. The quantitative estimate of drug-likeness (QED) is 0.767. The van der Waals surface area contributed by atoms with Gasteiger partial charge in [0, 0.05) is 38.0 Å². The summed E-state index contributed by atoms with van der Waals surface area (Å²) in [7, 11) is 0. The van der Waals surface area contributed by atoms with Crippen LogP contribution in [-0.4, -0.2) is 45.3 Å². The highest BCUT2D eigenvalue weighted by atomic mass is 16.5. The maximum atomic E-state index is 12.9. The molecule has 8 heteroatoms. The molecule has 1 atom stereocenters. The van der Waals surface area contributed by atoms with Crippen LogP contribution in [0.15, 0.2) is 29.0 Å². The van der Waals surface area contributed by atoms with Gasteiger partial charge in [0.15, 0.2) is 5.82 Å². The number of aromatic nitrogens is 3. The van der Waals surface area contributed by atoms with Crippen molar-refractivity contribution in [1.29, 1.82) is 0 Å². The Morgan fingerprint density at radius 3 is 2.72 bits per heavy atom. The molecule has 2 aliphatic rings. The molecule has 0 unspecified atom stereocenters. The average Bonchev–Trinajstić information content (AvgIpc) is 3.45. The third kappa shape index (κ3) is 5.53. The number of carbonyl (C=O) groups excluding carboxylic acids is 1. The Morgan fingerprint density at radius 1 is 1.14 bits per heavy atom. The molecule has 0 aromatic carbocycles. The first-order valence-corrected chi connectivity index (χ1v) is 10.6. The van der Waals surface area contributed by atoms with Crippen molar-refractivity contribution in [2.24, 2.45) is 0 Å². The van der Waals surface area contributed by atoms with Gasteiger partial charge in [-0.05, 0) is 43.4 Å². The molecule has 2 aromatic heterocycles. The van der Waals surface area contributed by atoms with Crippen molar-refractivity contribution in [2.75, 3.05) is 13.2 Å². The smallest absolute Gasteiger partial charge is 0.318 e. The molecule has 0 spiro atoms. The van der Waals surface area contributed by atoms with Crippen LogP contribution in [0.1, 0.15) is 68.1 Å². The zero-order valence-electron chi connectivity index (χ0n) is 16.8. The van der Waals surface area contributed by atoms with Crippen molar-refractivity contribution in [3.05, 3.63) is 41.8 Å². The molecule has 8 nitrogen and oxygen atoms in total. The minimum absolute atomic E-state index is 0.0869. The zero-order chi connectivity index (χ0) is 19.9. The van der Waals surface area contributed by atoms with Gasteiger partial charge in [-0.3, -0.25) is 4.98 Å². The van der Waals surface area contributed by atoms with Gasteiger partial charge in [-0.2, -0.15) is 4.98 Å². The molecule has 1 N–H and O–H groups in total. The van der Waals surface area contributed by atoms with Crippen molar-refractivity contribution in [1.82, 2.24) is 25.3 Å². The van der Waals surface area contributed by atoms with Gasteiger partial charge in [-0.1, -0.05) is 24.4 Å². The van der Waals surface area contributed by atoms with Crippen molar-refractivity contribution in [3.63, 3.8) is 0 Å². The summed E-state index contributed by atoms with van der Waals surface area (Å²) in [5.74, 6) is 1.63. The summed E-state index contributed by atoms with van der Waals surface area (Å²) in [6.45, 7) is 2.06. The van der Waals surface area contributed by atoms with E-state index >= 15 is 0 Å². The van der Waals surface area contributed by atoms with Crippen molar-refractivity contribution in [2.45, 2.75) is 70.1 Å². The molecule has 1 saturated carbocycles. The SMILES string of the molecule is O=C(NCc1nc(C2CCCCC2)no1)N(Cc1ccncc1)C[C@H]1CCCO1. The standard InChI is InChI=1S/C21H29N5O3/c27-21(23-13-19-24-20(25-29-19)17-5-2-1-3-6-17)26(15-18-7-4-12-28-18)14-16-8-10-22-11-9-16/h8-11,17-18H,1-7,12-15H2,(H,23,27)/t18-/m1/s1. The molecule has 0 bridgehead atoms. The Balaban J connectivity index is 1.34. The molecule has 0 radical (unpaired) electrons. The van der Waals surface area contributed by atoms with Gasteiger partial charge in [0.2, 0.25) is 5.89 Å². The predicted molar refractivity (Wildman–Crippen MR) is 106 cm³/mol.